The van der Waals surface area contributed by atoms with Crippen molar-refractivity contribution >= 4 is 41.5 Å². The lowest BCUT2D eigenvalue weighted by Crippen LogP contribution is -2.51. The molecule has 0 spiro atoms. The molecule has 0 fully saturated rings. The highest BCUT2D eigenvalue weighted by molar-refractivity contribution is 6.34. The zero-order chi connectivity index (χ0) is 16.9. The molecule has 0 saturated carbocycles. The second kappa shape index (κ2) is 8.66. The molecule has 0 heterocycles. The second-order valence-corrected chi connectivity index (χ2v) is 5.62. The van der Waals surface area contributed by atoms with Crippen LogP contribution in [0, 0.1) is 10.1 Å². The summed E-state index contributed by atoms with van der Waals surface area (Å²) < 4.78 is 0. The highest BCUT2D eigenvalue weighted by Gasteiger charge is 2.24. The number of nitrogens with two attached hydrogens (primary N) is 1. The summed E-state index contributed by atoms with van der Waals surface area (Å²) in [4.78, 5) is 33.9. The van der Waals surface area contributed by atoms with E-state index in [4.69, 9.17) is 17.3 Å². The van der Waals surface area contributed by atoms with E-state index in [1.165, 1.54) is 18.2 Å². The van der Waals surface area contributed by atoms with Gasteiger partial charge in [0.1, 0.15) is 5.56 Å². The first-order valence-electron chi connectivity index (χ1n) is 6.40. The van der Waals surface area contributed by atoms with Crippen molar-refractivity contribution in [2.45, 2.75) is 19.4 Å². The molecule has 0 atom stereocenters. The molecule has 1 aromatic rings. The van der Waals surface area contributed by atoms with Gasteiger partial charge in [0.15, 0.2) is 0 Å². The van der Waals surface area contributed by atoms with E-state index in [1.807, 2.05) is 0 Å². The fourth-order valence-corrected chi connectivity index (χ4v) is 1.87. The van der Waals surface area contributed by atoms with E-state index < -0.39 is 28.0 Å². The van der Waals surface area contributed by atoms with Crippen LogP contribution in [0.3, 0.4) is 0 Å². The average Bonchev–Trinajstić information content (AvgIpc) is 2.44. The first kappa shape index (κ1) is 21.1. The maximum atomic E-state index is 12.0. The fourth-order valence-electron chi connectivity index (χ4n) is 1.61. The smallest absolute Gasteiger partial charge is 0.283 e. The van der Waals surface area contributed by atoms with Gasteiger partial charge in [-0.25, -0.2) is 0 Å². The van der Waals surface area contributed by atoms with Crippen molar-refractivity contribution in [3.8, 4) is 0 Å². The van der Waals surface area contributed by atoms with E-state index >= 15 is 0 Å². The third-order valence-electron chi connectivity index (χ3n) is 2.81. The Morgan fingerprint density at radius 3 is 2.52 bits per heavy atom. The molecule has 1 aromatic carbocycles. The average molecular weight is 365 g/mol. The van der Waals surface area contributed by atoms with Gasteiger partial charge in [-0.2, -0.15) is 0 Å². The number of carbonyl (C=O) groups is 2. The normalized spacial score (nSPS) is 10.4. The number of halogens is 2. The van der Waals surface area contributed by atoms with Crippen molar-refractivity contribution in [3.63, 3.8) is 0 Å². The summed E-state index contributed by atoms with van der Waals surface area (Å²) in [6.07, 6.45) is 0. The lowest BCUT2D eigenvalue weighted by molar-refractivity contribution is -0.385. The van der Waals surface area contributed by atoms with Crippen molar-refractivity contribution < 1.29 is 14.5 Å². The minimum absolute atomic E-state index is 0. The van der Waals surface area contributed by atoms with Crippen LogP contribution in [-0.2, 0) is 4.79 Å². The number of hydrogen-bond donors (Lipinski definition) is 3. The predicted octanol–water partition coefficient (Wildman–Crippen LogP) is 1.25. The largest absolute Gasteiger partial charge is 0.348 e. The monoisotopic (exact) mass is 364 g/mol. The number of nitro benzene ring substituents is 1. The van der Waals surface area contributed by atoms with E-state index in [-0.39, 0.29) is 36.1 Å². The molecule has 128 valence electrons. The molecule has 0 aliphatic carbocycles. The summed E-state index contributed by atoms with van der Waals surface area (Å²) >= 11 is 5.83. The molecule has 10 heteroatoms. The number of rotatable bonds is 6. The Bertz CT molecular complexity index is 608. The fraction of sp³-hybridized carbons (Fsp3) is 0.385. The topological polar surface area (TPSA) is 127 Å². The Kier molecular flexibility index (Phi) is 7.94. The van der Waals surface area contributed by atoms with Gasteiger partial charge < -0.3 is 16.4 Å². The van der Waals surface area contributed by atoms with Crippen molar-refractivity contribution in [1.82, 2.24) is 10.6 Å². The molecule has 0 aliphatic rings. The zero-order valence-corrected chi connectivity index (χ0v) is 14.2. The lowest BCUT2D eigenvalue weighted by Gasteiger charge is -2.24. The maximum Gasteiger partial charge on any atom is 0.283 e. The molecule has 2 amide bonds. The highest BCUT2D eigenvalue weighted by Crippen LogP contribution is 2.25. The number of hydrogen-bond acceptors (Lipinski definition) is 5. The van der Waals surface area contributed by atoms with Crippen LogP contribution in [0.1, 0.15) is 24.2 Å². The Morgan fingerprint density at radius 1 is 1.39 bits per heavy atom. The molecule has 8 nitrogen and oxygen atoms in total. The molecular weight excluding hydrogens is 347 g/mol. The van der Waals surface area contributed by atoms with Crippen LogP contribution in [0.25, 0.3) is 0 Å². The quantitative estimate of drug-likeness (QED) is 0.516. The number of nitrogens with one attached hydrogen (secondary N) is 2. The predicted molar refractivity (Wildman–Crippen MR) is 89.0 cm³/mol. The first-order valence-corrected chi connectivity index (χ1v) is 6.78. The summed E-state index contributed by atoms with van der Waals surface area (Å²) in [6, 6.07) is 3.90. The number of amides is 2. The second-order valence-electron chi connectivity index (χ2n) is 5.21. The highest BCUT2D eigenvalue weighted by atomic mass is 35.5. The van der Waals surface area contributed by atoms with Crippen LogP contribution >= 0.6 is 24.0 Å². The Hall–Kier alpha value is -1.90. The van der Waals surface area contributed by atoms with Gasteiger partial charge in [-0.15, -0.1) is 12.4 Å². The minimum Gasteiger partial charge on any atom is -0.348 e. The van der Waals surface area contributed by atoms with Gasteiger partial charge >= 0.3 is 0 Å². The Labute approximate surface area is 144 Å². The van der Waals surface area contributed by atoms with Gasteiger partial charge in [0.05, 0.1) is 16.5 Å². The Morgan fingerprint density at radius 2 is 2.00 bits per heavy atom. The lowest BCUT2D eigenvalue weighted by atomic mass is 10.1. The third kappa shape index (κ3) is 6.01. The van der Waals surface area contributed by atoms with Gasteiger partial charge in [-0.3, -0.25) is 19.7 Å². The van der Waals surface area contributed by atoms with E-state index in [2.05, 4.69) is 10.6 Å². The Balaban J connectivity index is 0.00000484. The number of carbonyl (C=O) groups excluding carboxylic acids is 2. The van der Waals surface area contributed by atoms with Crippen LogP contribution in [0.5, 0.6) is 0 Å². The summed E-state index contributed by atoms with van der Waals surface area (Å²) in [6.45, 7) is 3.34. The van der Waals surface area contributed by atoms with Crippen molar-refractivity contribution in [2.75, 3.05) is 13.1 Å². The van der Waals surface area contributed by atoms with E-state index in [0.29, 0.717) is 0 Å². The number of nitrogens with zero attached hydrogens (tertiary/aromatic N) is 1. The standard InChI is InChI=1S/C13H17ClN4O4.ClH/c1-13(2,7-15)17-10(19)6-16-12(20)11-8(14)4-3-5-9(11)18(21)22;/h3-5H,6-7,15H2,1-2H3,(H,16,20)(H,17,19);1H. The molecule has 0 unspecified atom stereocenters. The SMILES string of the molecule is CC(C)(CN)NC(=O)CNC(=O)c1c(Cl)cccc1[N+](=O)[O-].Cl. The van der Waals surface area contributed by atoms with Gasteiger partial charge in [0.2, 0.25) is 5.91 Å². The molecule has 23 heavy (non-hydrogen) atoms. The third-order valence-corrected chi connectivity index (χ3v) is 3.13. The van der Waals surface area contributed by atoms with Crippen LogP contribution < -0.4 is 16.4 Å². The summed E-state index contributed by atoms with van der Waals surface area (Å²) in [7, 11) is 0. The van der Waals surface area contributed by atoms with Gasteiger partial charge in [0.25, 0.3) is 11.6 Å². The molecule has 0 bridgehead atoms. The first-order chi connectivity index (χ1) is 10.2. The summed E-state index contributed by atoms with van der Waals surface area (Å²) in [5.74, 6) is -1.25. The van der Waals surface area contributed by atoms with Crippen molar-refractivity contribution in [1.29, 1.82) is 0 Å². The zero-order valence-electron chi connectivity index (χ0n) is 12.6. The molecule has 0 radical (unpaired) electrons. The van der Waals surface area contributed by atoms with E-state index in [9.17, 15) is 19.7 Å². The number of benzene rings is 1. The summed E-state index contributed by atoms with van der Waals surface area (Å²) in [5, 5.41) is 15.8. The minimum atomic E-state index is -0.794. The van der Waals surface area contributed by atoms with E-state index in [1.54, 1.807) is 13.8 Å². The van der Waals surface area contributed by atoms with Gasteiger partial charge in [0, 0.05) is 18.2 Å². The molecule has 0 saturated heterocycles. The van der Waals surface area contributed by atoms with Gasteiger partial charge in [-0.05, 0) is 19.9 Å². The maximum absolute atomic E-state index is 12.0. The van der Waals surface area contributed by atoms with Crippen molar-refractivity contribution in [3.05, 3.63) is 38.9 Å². The molecule has 1 rings (SSSR count). The molecule has 0 aromatic heterocycles. The van der Waals surface area contributed by atoms with E-state index in [0.717, 1.165) is 0 Å². The molecular formula is C13H18Cl2N4O4. The summed E-state index contributed by atoms with van der Waals surface area (Å²) in [5.41, 5.74) is 4.17. The molecule has 0 aliphatic heterocycles. The molecule has 4 N–H and O–H groups in total. The van der Waals surface area contributed by atoms with Crippen LogP contribution in [0.4, 0.5) is 5.69 Å². The van der Waals surface area contributed by atoms with Gasteiger partial charge in [-0.1, -0.05) is 17.7 Å². The van der Waals surface area contributed by atoms with Crippen LogP contribution in [0.2, 0.25) is 5.02 Å². The van der Waals surface area contributed by atoms with Crippen LogP contribution in [0.15, 0.2) is 18.2 Å². The van der Waals surface area contributed by atoms with Crippen LogP contribution in [-0.4, -0.2) is 35.4 Å². The number of nitro groups is 1. The van der Waals surface area contributed by atoms with Crippen molar-refractivity contribution in [2.24, 2.45) is 5.73 Å².